The van der Waals surface area contributed by atoms with Crippen molar-refractivity contribution in [2.45, 2.75) is 77.0 Å². The number of aryl methyl sites for hydroxylation is 2. The molecule has 2 aliphatic carbocycles. The number of rotatable bonds is 14. The Kier molecular flexibility index (Phi) is 8.86. The molecule has 0 nitrogen and oxygen atoms in total. The molecule has 4 aromatic carbocycles. The summed E-state index contributed by atoms with van der Waals surface area (Å²) in [6.07, 6.45) is 15.6. The number of thioether (sulfide) groups is 1. The fourth-order valence-corrected chi connectivity index (χ4v) is 7.78. The maximum atomic E-state index is 2.37. The molecule has 6 rings (SSSR count). The fourth-order valence-electron chi connectivity index (χ4n) is 6.76. The highest BCUT2D eigenvalue weighted by atomic mass is 32.2. The van der Waals surface area contributed by atoms with Crippen molar-refractivity contribution in [3.63, 3.8) is 0 Å². The molecule has 200 valence electrons. The van der Waals surface area contributed by atoms with Crippen LogP contribution in [0.3, 0.4) is 0 Å². The first-order chi connectivity index (χ1) is 19.4. The molecule has 0 spiro atoms. The Morgan fingerprint density at radius 1 is 0.410 bits per heavy atom. The van der Waals surface area contributed by atoms with Crippen LogP contribution in [0, 0.1) is 0 Å². The van der Waals surface area contributed by atoms with E-state index in [-0.39, 0.29) is 0 Å². The van der Waals surface area contributed by atoms with Gasteiger partial charge in [-0.2, -0.15) is 11.8 Å². The van der Waals surface area contributed by atoms with E-state index in [9.17, 15) is 0 Å². The van der Waals surface area contributed by atoms with Gasteiger partial charge in [-0.05, 0) is 119 Å². The second-order valence-corrected chi connectivity index (χ2v) is 12.7. The van der Waals surface area contributed by atoms with Crippen molar-refractivity contribution in [3.8, 4) is 22.3 Å². The Balaban J connectivity index is 0.804. The van der Waals surface area contributed by atoms with E-state index in [1.807, 2.05) is 0 Å². The van der Waals surface area contributed by atoms with Crippen LogP contribution in [-0.2, 0) is 25.7 Å². The van der Waals surface area contributed by atoms with Crippen LogP contribution >= 0.6 is 11.8 Å². The quantitative estimate of drug-likeness (QED) is 0.126. The summed E-state index contributed by atoms with van der Waals surface area (Å²) in [5.74, 6) is 2.68. The largest absolute Gasteiger partial charge is 0.162 e. The van der Waals surface area contributed by atoms with Crippen molar-refractivity contribution in [2.24, 2.45) is 0 Å². The van der Waals surface area contributed by atoms with Gasteiger partial charge in [-0.3, -0.25) is 0 Å². The van der Waals surface area contributed by atoms with Crippen LogP contribution in [0.2, 0.25) is 0 Å². The van der Waals surface area contributed by atoms with Crippen molar-refractivity contribution in [1.29, 1.82) is 0 Å². The molecule has 0 radical (unpaired) electrons. The van der Waals surface area contributed by atoms with Gasteiger partial charge in [0.15, 0.2) is 0 Å². The Hall–Kier alpha value is -2.77. The molecule has 0 amide bonds. The molecule has 4 aromatic rings. The standard InChI is InChI=1S/C38H42S/c1(5-15-29-19-13-23-35-33-21-9-7-17-31(33)27-37(29)35)3-11-25-39-26-12-4-2-6-16-30-20-14-24-36-34-22-10-8-18-32(34)28-38(30)36/h7-10,13-14,17-24H,1-6,11-12,15-16,25-28H2. The maximum Gasteiger partial charge on any atom is -0.00107 e. The molecule has 0 aliphatic heterocycles. The first-order valence-corrected chi connectivity index (χ1v) is 16.5. The zero-order valence-electron chi connectivity index (χ0n) is 23.4. The summed E-state index contributed by atoms with van der Waals surface area (Å²) in [6, 6.07) is 31.8. The summed E-state index contributed by atoms with van der Waals surface area (Å²) in [5.41, 5.74) is 15.2. The van der Waals surface area contributed by atoms with E-state index in [2.05, 4.69) is 96.7 Å². The number of hydrogen-bond donors (Lipinski definition) is 0. The third-order valence-corrected chi connectivity index (χ3v) is 10.0. The van der Waals surface area contributed by atoms with Gasteiger partial charge in [-0.15, -0.1) is 0 Å². The van der Waals surface area contributed by atoms with Gasteiger partial charge < -0.3 is 0 Å². The van der Waals surface area contributed by atoms with Crippen molar-refractivity contribution < 1.29 is 0 Å². The lowest BCUT2D eigenvalue weighted by molar-refractivity contribution is 0.664. The number of benzene rings is 4. The van der Waals surface area contributed by atoms with Crippen LogP contribution in [0.4, 0.5) is 0 Å². The second kappa shape index (κ2) is 13.1. The molecule has 0 N–H and O–H groups in total. The van der Waals surface area contributed by atoms with Crippen molar-refractivity contribution in [3.05, 3.63) is 118 Å². The van der Waals surface area contributed by atoms with E-state index in [1.165, 1.54) is 109 Å². The van der Waals surface area contributed by atoms with Crippen LogP contribution < -0.4 is 0 Å². The average molecular weight is 531 g/mol. The maximum absolute atomic E-state index is 2.37. The van der Waals surface area contributed by atoms with Gasteiger partial charge in [0.1, 0.15) is 0 Å². The van der Waals surface area contributed by atoms with Gasteiger partial charge in [0.05, 0.1) is 0 Å². The topological polar surface area (TPSA) is 0 Å². The third kappa shape index (κ3) is 6.20. The summed E-state index contributed by atoms with van der Waals surface area (Å²) < 4.78 is 0. The van der Waals surface area contributed by atoms with E-state index < -0.39 is 0 Å². The SMILES string of the molecule is c1ccc2c(c1)Cc1c(CCCCCCSCCCCCCc3cccc4c3Cc3ccccc3-4)cccc1-2. The summed E-state index contributed by atoms with van der Waals surface area (Å²) in [6.45, 7) is 0. The summed E-state index contributed by atoms with van der Waals surface area (Å²) in [4.78, 5) is 0. The molecule has 0 fully saturated rings. The minimum atomic E-state index is 1.13. The first kappa shape index (κ1) is 26.5. The predicted molar refractivity (Wildman–Crippen MR) is 171 cm³/mol. The molecule has 39 heavy (non-hydrogen) atoms. The first-order valence-electron chi connectivity index (χ1n) is 15.3. The zero-order valence-corrected chi connectivity index (χ0v) is 24.2. The Morgan fingerprint density at radius 2 is 0.846 bits per heavy atom. The van der Waals surface area contributed by atoms with E-state index in [0.29, 0.717) is 0 Å². The molecule has 0 bridgehead atoms. The Morgan fingerprint density at radius 3 is 1.36 bits per heavy atom. The van der Waals surface area contributed by atoms with Gasteiger partial charge in [-0.25, -0.2) is 0 Å². The van der Waals surface area contributed by atoms with Crippen molar-refractivity contribution >= 4 is 11.8 Å². The van der Waals surface area contributed by atoms with E-state index in [1.54, 1.807) is 22.3 Å². The summed E-state index contributed by atoms with van der Waals surface area (Å²) in [7, 11) is 0. The van der Waals surface area contributed by atoms with E-state index in [0.717, 1.165) is 12.8 Å². The van der Waals surface area contributed by atoms with Crippen LogP contribution in [0.15, 0.2) is 84.9 Å². The van der Waals surface area contributed by atoms with E-state index >= 15 is 0 Å². The van der Waals surface area contributed by atoms with E-state index in [4.69, 9.17) is 0 Å². The second-order valence-electron chi connectivity index (χ2n) is 11.5. The average Bonchev–Trinajstić information content (AvgIpc) is 3.55. The Labute approximate surface area is 240 Å². The van der Waals surface area contributed by atoms with Gasteiger partial charge >= 0.3 is 0 Å². The van der Waals surface area contributed by atoms with Gasteiger partial charge in [0, 0.05) is 0 Å². The summed E-state index contributed by atoms with van der Waals surface area (Å²) >= 11 is 2.18. The number of hydrogen-bond acceptors (Lipinski definition) is 1. The highest BCUT2D eigenvalue weighted by Crippen LogP contribution is 2.39. The minimum Gasteiger partial charge on any atom is -0.162 e. The van der Waals surface area contributed by atoms with Crippen LogP contribution in [0.5, 0.6) is 0 Å². The molecule has 2 aliphatic rings. The normalized spacial score (nSPS) is 12.7. The highest BCUT2D eigenvalue weighted by molar-refractivity contribution is 7.99. The highest BCUT2D eigenvalue weighted by Gasteiger charge is 2.21. The van der Waals surface area contributed by atoms with Gasteiger partial charge in [0.2, 0.25) is 0 Å². The Bertz CT molecular complexity index is 1290. The molecular formula is C38H42S. The third-order valence-electron chi connectivity index (χ3n) is 8.87. The van der Waals surface area contributed by atoms with Crippen LogP contribution in [0.1, 0.15) is 84.7 Å². The lowest BCUT2D eigenvalue weighted by atomic mass is 9.97. The monoisotopic (exact) mass is 530 g/mol. The van der Waals surface area contributed by atoms with Gasteiger partial charge in [-0.1, -0.05) is 111 Å². The molecule has 0 unspecified atom stereocenters. The fraction of sp³-hybridized carbons (Fsp3) is 0.368. The molecule has 0 saturated heterocycles. The van der Waals surface area contributed by atoms with Crippen molar-refractivity contribution in [1.82, 2.24) is 0 Å². The lowest BCUT2D eigenvalue weighted by Crippen LogP contribution is -1.94. The molecule has 1 heteroatoms. The van der Waals surface area contributed by atoms with Crippen molar-refractivity contribution in [2.75, 3.05) is 11.5 Å². The summed E-state index contributed by atoms with van der Waals surface area (Å²) in [5, 5.41) is 0. The predicted octanol–water partition coefficient (Wildman–Crippen LogP) is 10.5. The molecule has 0 heterocycles. The van der Waals surface area contributed by atoms with Crippen LogP contribution in [0.25, 0.3) is 22.3 Å². The van der Waals surface area contributed by atoms with Crippen LogP contribution in [-0.4, -0.2) is 11.5 Å². The van der Waals surface area contributed by atoms with Gasteiger partial charge in [0.25, 0.3) is 0 Å². The minimum absolute atomic E-state index is 1.13. The number of fused-ring (bicyclic) bond motifs is 6. The smallest absolute Gasteiger partial charge is 0.00107 e. The zero-order chi connectivity index (χ0) is 26.3. The molecular weight excluding hydrogens is 488 g/mol. The molecule has 0 aromatic heterocycles. The molecule has 0 saturated carbocycles. The lowest BCUT2D eigenvalue weighted by Gasteiger charge is -2.09. The number of unbranched alkanes of at least 4 members (excludes halogenated alkanes) is 6. The molecule has 0 atom stereocenters.